The van der Waals surface area contributed by atoms with Crippen LogP contribution in [0.4, 0.5) is 8.78 Å². The number of aliphatic hydroxyl groups excluding tert-OH is 1. The minimum atomic E-state index is -2.20. The second kappa shape index (κ2) is 9.47. The number of pyridine rings is 1. The van der Waals surface area contributed by atoms with E-state index in [2.05, 4.69) is 46.5 Å². The Morgan fingerprint density at radius 1 is 0.935 bits per heavy atom. The van der Waals surface area contributed by atoms with Gasteiger partial charge in [-0.3, -0.25) is 4.98 Å². The first-order valence-electron chi connectivity index (χ1n) is 11.4. The molecule has 0 saturated heterocycles. The van der Waals surface area contributed by atoms with Crippen LogP contribution >= 0.6 is 0 Å². The molecule has 0 fully saturated rings. The number of aromatic nitrogens is 1. The van der Waals surface area contributed by atoms with Gasteiger partial charge in [-0.2, -0.15) is 0 Å². The number of benzene rings is 1. The van der Waals surface area contributed by atoms with Gasteiger partial charge in [0.1, 0.15) is 0 Å². The summed E-state index contributed by atoms with van der Waals surface area (Å²) in [5.74, 6) is -2.33. The number of nitrogens with zero attached hydrogens (tertiary/aromatic N) is 1. The molecule has 6 heteroatoms. The first kappa shape index (κ1) is 24.0. The molecule has 0 radical (unpaired) electrons. The van der Waals surface area contributed by atoms with Gasteiger partial charge in [-0.1, -0.05) is 59.7 Å². The summed E-state index contributed by atoms with van der Waals surface area (Å²) in [7, 11) is -2.20. The van der Waals surface area contributed by atoms with E-state index in [-0.39, 0.29) is 11.7 Å². The molecule has 3 rings (SSSR count). The number of halogens is 2. The molecule has 0 amide bonds. The van der Waals surface area contributed by atoms with E-state index >= 15 is 0 Å². The van der Waals surface area contributed by atoms with Gasteiger partial charge in [0.2, 0.25) is 8.32 Å². The zero-order chi connectivity index (χ0) is 22.9. The monoisotopic (exact) mass is 447 g/mol. The van der Waals surface area contributed by atoms with Gasteiger partial charge >= 0.3 is 0 Å². The lowest BCUT2D eigenvalue weighted by Gasteiger charge is -2.44. The second-order valence-corrected chi connectivity index (χ2v) is 15.1. The normalized spacial score (nSPS) is 22.1. The van der Waals surface area contributed by atoms with Gasteiger partial charge in [0.05, 0.1) is 17.9 Å². The van der Waals surface area contributed by atoms with Crippen molar-refractivity contribution in [2.75, 3.05) is 0 Å². The molecule has 1 aliphatic rings. The fourth-order valence-corrected chi connectivity index (χ4v) is 11.2. The van der Waals surface area contributed by atoms with E-state index in [0.717, 1.165) is 11.8 Å². The van der Waals surface area contributed by atoms with E-state index in [1.54, 1.807) is 18.3 Å². The molecule has 3 atom stereocenters. The number of hydrogen-bond acceptors (Lipinski definition) is 3. The summed E-state index contributed by atoms with van der Waals surface area (Å²) in [5, 5.41) is 11.2. The van der Waals surface area contributed by atoms with Gasteiger partial charge < -0.3 is 9.53 Å². The smallest absolute Gasteiger partial charge is 0.201 e. The molecule has 1 aliphatic carbocycles. The van der Waals surface area contributed by atoms with Crippen molar-refractivity contribution in [2.24, 2.45) is 0 Å². The minimum absolute atomic E-state index is 0.211. The average Bonchev–Trinajstić information content (AvgIpc) is 2.84. The first-order valence-corrected chi connectivity index (χ1v) is 13.5. The van der Waals surface area contributed by atoms with Crippen molar-refractivity contribution in [1.29, 1.82) is 0 Å². The highest BCUT2D eigenvalue weighted by Crippen LogP contribution is 2.49. The van der Waals surface area contributed by atoms with Gasteiger partial charge in [-0.15, -0.1) is 0 Å². The van der Waals surface area contributed by atoms with E-state index < -0.39 is 32.0 Å². The molecule has 1 N–H and O–H groups in total. The Balaban J connectivity index is 2.06. The molecule has 0 bridgehead atoms. The lowest BCUT2D eigenvalue weighted by molar-refractivity contribution is 0.135. The van der Waals surface area contributed by atoms with E-state index in [1.807, 2.05) is 6.07 Å². The van der Waals surface area contributed by atoms with Gasteiger partial charge in [0.25, 0.3) is 0 Å². The van der Waals surface area contributed by atoms with Crippen molar-refractivity contribution in [2.45, 2.75) is 89.1 Å². The van der Waals surface area contributed by atoms with Crippen molar-refractivity contribution >= 4 is 8.32 Å². The molecule has 2 aromatic rings. The summed E-state index contributed by atoms with van der Waals surface area (Å²) in [6.45, 7) is 13.4. The topological polar surface area (TPSA) is 42.4 Å². The van der Waals surface area contributed by atoms with Crippen LogP contribution in [0.5, 0.6) is 0 Å². The highest BCUT2D eigenvalue weighted by atomic mass is 28.4. The lowest BCUT2D eigenvalue weighted by atomic mass is 9.87. The molecule has 1 aromatic heterocycles. The summed E-state index contributed by atoms with van der Waals surface area (Å²) in [5.41, 5.74) is 2.81. The third kappa shape index (κ3) is 4.35. The summed E-state index contributed by atoms with van der Waals surface area (Å²) in [6, 6.07) is 7.79. The average molecular weight is 448 g/mol. The third-order valence-corrected chi connectivity index (χ3v) is 13.2. The maximum absolute atomic E-state index is 14.6. The predicted octanol–water partition coefficient (Wildman–Crippen LogP) is 7.20. The summed E-state index contributed by atoms with van der Waals surface area (Å²) >= 11 is 0. The van der Waals surface area contributed by atoms with Crippen molar-refractivity contribution in [3.63, 3.8) is 0 Å². The SMILES string of the molecule is CC(C)[Si](O[C@H]1CC[C@@H](c2cccc(F)c2F)[C@H](O)c2cccnc21)(C(C)C)C(C)C. The molecule has 0 aliphatic heterocycles. The van der Waals surface area contributed by atoms with E-state index in [9.17, 15) is 13.9 Å². The van der Waals surface area contributed by atoms with Crippen LogP contribution in [0.1, 0.15) is 89.3 Å². The molecule has 3 nitrogen and oxygen atoms in total. The third-order valence-electron chi connectivity index (χ3n) is 7.05. The fourth-order valence-electron chi connectivity index (χ4n) is 5.69. The highest BCUT2D eigenvalue weighted by molar-refractivity contribution is 6.77. The molecule has 170 valence electrons. The van der Waals surface area contributed by atoms with E-state index in [1.165, 1.54) is 6.07 Å². The molecule has 1 heterocycles. The number of rotatable bonds is 6. The van der Waals surface area contributed by atoms with Gasteiger partial charge in [0, 0.05) is 17.7 Å². The van der Waals surface area contributed by atoms with Crippen LogP contribution in [0.25, 0.3) is 0 Å². The van der Waals surface area contributed by atoms with E-state index in [0.29, 0.717) is 35.0 Å². The fraction of sp³-hybridized carbons (Fsp3) is 0.560. The van der Waals surface area contributed by atoms with Gasteiger partial charge in [-0.05, 0) is 47.2 Å². The quantitative estimate of drug-likeness (QED) is 0.376. The number of hydrogen-bond donors (Lipinski definition) is 1. The van der Waals surface area contributed by atoms with Crippen LogP contribution in [0.2, 0.25) is 16.6 Å². The Morgan fingerprint density at radius 2 is 1.55 bits per heavy atom. The van der Waals surface area contributed by atoms with Crippen LogP contribution in [-0.2, 0) is 4.43 Å². The Morgan fingerprint density at radius 3 is 2.16 bits per heavy atom. The molecule has 0 saturated carbocycles. The molecule has 0 unspecified atom stereocenters. The number of aliphatic hydroxyl groups is 1. The standard InChI is InChI=1S/C25H35F2NO2Si/c1-15(2)31(16(3)4,17(5)6)30-22-13-12-19(18-9-7-11-21(26)23(18)27)25(29)20-10-8-14-28-24(20)22/h7-11,14-17,19,22,25,29H,12-13H2,1-6H3/t19-,22-,25-/m0/s1. The predicted molar refractivity (Wildman–Crippen MR) is 122 cm³/mol. The molecule has 31 heavy (non-hydrogen) atoms. The lowest BCUT2D eigenvalue weighted by Crippen LogP contribution is -2.48. The van der Waals surface area contributed by atoms with Gasteiger partial charge in [-0.25, -0.2) is 8.78 Å². The maximum Gasteiger partial charge on any atom is 0.201 e. The van der Waals surface area contributed by atoms with Crippen molar-refractivity contribution in [3.05, 3.63) is 65.0 Å². The van der Waals surface area contributed by atoms with Gasteiger partial charge in [0.15, 0.2) is 11.6 Å². The van der Waals surface area contributed by atoms with Crippen LogP contribution in [0.3, 0.4) is 0 Å². The summed E-state index contributed by atoms with van der Waals surface area (Å²) in [4.78, 5) is 4.61. The Labute approximate surface area is 186 Å². The maximum atomic E-state index is 14.6. The molecule has 1 aromatic carbocycles. The van der Waals surface area contributed by atoms with E-state index in [4.69, 9.17) is 4.43 Å². The van der Waals surface area contributed by atoms with Crippen LogP contribution in [0, 0.1) is 11.6 Å². The largest absolute Gasteiger partial charge is 0.408 e. The number of fused-ring (bicyclic) bond motifs is 1. The Kier molecular flexibility index (Phi) is 7.34. The Bertz CT molecular complexity index is 881. The molecular formula is C25H35F2NO2Si. The molecular weight excluding hydrogens is 412 g/mol. The highest BCUT2D eigenvalue weighted by Gasteiger charge is 2.48. The second-order valence-electron chi connectivity index (χ2n) is 9.67. The van der Waals surface area contributed by atoms with Crippen molar-refractivity contribution in [3.8, 4) is 0 Å². The van der Waals surface area contributed by atoms with Crippen LogP contribution < -0.4 is 0 Å². The summed E-state index contributed by atoms with van der Waals surface area (Å²) < 4.78 is 35.6. The van der Waals surface area contributed by atoms with Crippen molar-refractivity contribution in [1.82, 2.24) is 4.98 Å². The Hall–Kier alpha value is -1.63. The zero-order valence-electron chi connectivity index (χ0n) is 19.4. The first-order chi connectivity index (χ1) is 14.6. The van der Waals surface area contributed by atoms with Crippen LogP contribution in [-0.4, -0.2) is 18.4 Å². The summed E-state index contributed by atoms with van der Waals surface area (Å²) in [6.07, 6.45) is 1.56. The molecule has 0 spiro atoms. The zero-order valence-corrected chi connectivity index (χ0v) is 20.4. The van der Waals surface area contributed by atoms with Crippen molar-refractivity contribution < 1.29 is 18.3 Å². The minimum Gasteiger partial charge on any atom is -0.408 e. The van der Waals surface area contributed by atoms with Crippen LogP contribution in [0.15, 0.2) is 36.5 Å².